The molecule has 1 aliphatic rings. The number of nitrogens with zero attached hydrogens (tertiary/aromatic N) is 2. The van der Waals surface area contributed by atoms with Gasteiger partial charge in [-0.25, -0.2) is 9.13 Å². The lowest BCUT2D eigenvalue weighted by atomic mass is 9.94. The number of pyridine rings is 2. The minimum atomic E-state index is -5.59. The highest BCUT2D eigenvalue weighted by Crippen LogP contribution is 2.66. The Kier molecular flexibility index (Phi) is 5.91. The maximum absolute atomic E-state index is 15.4. The predicted octanol–water partition coefficient (Wildman–Crippen LogP) is 7.24. The van der Waals surface area contributed by atoms with Crippen LogP contribution in [-0.4, -0.2) is 17.8 Å². The highest BCUT2D eigenvalue weighted by molar-refractivity contribution is 7.16. The van der Waals surface area contributed by atoms with Crippen molar-refractivity contribution in [3.8, 4) is 20.9 Å². The Morgan fingerprint density at radius 3 is 1.38 bits per heavy atom. The number of aryl methyl sites for hydroxylation is 4. The van der Waals surface area contributed by atoms with Crippen molar-refractivity contribution in [2.75, 3.05) is 0 Å². The Morgan fingerprint density at radius 1 is 0.649 bits per heavy atom. The maximum Gasteiger partial charge on any atom is 0.380 e. The van der Waals surface area contributed by atoms with Crippen LogP contribution in [-0.2, 0) is 14.1 Å². The third-order valence-electron chi connectivity index (χ3n) is 6.49. The maximum atomic E-state index is 15.4. The van der Waals surface area contributed by atoms with Gasteiger partial charge in [-0.3, -0.25) is 0 Å². The summed E-state index contributed by atoms with van der Waals surface area (Å²) in [6, 6.07) is 9.62. The molecular formula is C27H22F6N2S2+2. The molecule has 0 saturated carbocycles. The van der Waals surface area contributed by atoms with E-state index in [4.69, 9.17) is 0 Å². The number of aromatic nitrogens is 2. The van der Waals surface area contributed by atoms with Crippen LogP contribution in [0.25, 0.3) is 32.0 Å². The average Bonchev–Trinajstić information content (AvgIpc) is 3.41. The van der Waals surface area contributed by atoms with Crippen LogP contribution >= 0.6 is 22.7 Å². The van der Waals surface area contributed by atoms with Crippen molar-refractivity contribution in [3.63, 3.8) is 0 Å². The Labute approximate surface area is 217 Å². The van der Waals surface area contributed by atoms with Crippen molar-refractivity contribution < 1.29 is 35.5 Å². The molecule has 0 fully saturated rings. The molecular weight excluding hydrogens is 530 g/mol. The fraction of sp³-hybridized carbons (Fsp3) is 0.259. The topological polar surface area (TPSA) is 7.76 Å². The van der Waals surface area contributed by atoms with Gasteiger partial charge in [-0.15, -0.1) is 22.7 Å². The molecule has 0 unspecified atom stereocenters. The standard InChI is InChI=1S/C27H22F6N2S2/c1-15-19(11-21(36-15)17-7-5-9-34(3)13-17)23-24(26(30,31)27(32,33)25(23,28)29)20-12-22(37-16(20)2)18-8-6-10-35(4)14-18/h5-14H,1-4H3/q+2. The second kappa shape index (κ2) is 8.52. The summed E-state index contributed by atoms with van der Waals surface area (Å²) in [5, 5.41) is 0. The first-order valence-electron chi connectivity index (χ1n) is 11.3. The van der Waals surface area contributed by atoms with Crippen molar-refractivity contribution in [2.45, 2.75) is 31.6 Å². The van der Waals surface area contributed by atoms with E-state index in [9.17, 15) is 8.78 Å². The highest BCUT2D eigenvalue weighted by atomic mass is 32.1. The van der Waals surface area contributed by atoms with Crippen LogP contribution in [0.3, 0.4) is 0 Å². The van der Waals surface area contributed by atoms with Gasteiger partial charge in [0.1, 0.15) is 14.1 Å². The molecule has 5 rings (SSSR count). The molecule has 1 aliphatic carbocycles. The fourth-order valence-electron chi connectivity index (χ4n) is 4.65. The Morgan fingerprint density at radius 2 is 1.03 bits per heavy atom. The average molecular weight is 553 g/mol. The first-order chi connectivity index (χ1) is 17.3. The smallest absolute Gasteiger partial charge is 0.207 e. The van der Waals surface area contributed by atoms with Gasteiger partial charge in [0.2, 0.25) is 0 Å². The van der Waals surface area contributed by atoms with Gasteiger partial charge >= 0.3 is 17.8 Å². The number of halogens is 6. The molecule has 37 heavy (non-hydrogen) atoms. The van der Waals surface area contributed by atoms with Gasteiger partial charge in [-0.1, -0.05) is 0 Å². The van der Waals surface area contributed by atoms with Crippen molar-refractivity contribution >= 4 is 33.8 Å². The van der Waals surface area contributed by atoms with Crippen molar-refractivity contribution in [1.82, 2.24) is 0 Å². The molecule has 0 atom stereocenters. The molecule has 0 aromatic carbocycles. The zero-order valence-corrected chi connectivity index (χ0v) is 21.9. The summed E-state index contributed by atoms with van der Waals surface area (Å²) in [5.41, 5.74) is -1.87. The Hall–Kier alpha value is -2.98. The number of alkyl halides is 6. The van der Waals surface area contributed by atoms with Crippen LogP contribution in [0.4, 0.5) is 26.3 Å². The largest absolute Gasteiger partial charge is 0.380 e. The van der Waals surface area contributed by atoms with Crippen LogP contribution in [0.2, 0.25) is 0 Å². The number of allylic oxidation sites excluding steroid dienone is 2. The van der Waals surface area contributed by atoms with E-state index in [1.165, 1.54) is 26.0 Å². The summed E-state index contributed by atoms with van der Waals surface area (Å²) in [4.78, 5) is 1.55. The Balaban J connectivity index is 1.78. The van der Waals surface area contributed by atoms with Gasteiger partial charge in [0.15, 0.2) is 24.8 Å². The van der Waals surface area contributed by atoms with Crippen molar-refractivity contribution in [3.05, 3.63) is 82.1 Å². The summed E-state index contributed by atoms with van der Waals surface area (Å²) >= 11 is 2.20. The minimum Gasteiger partial charge on any atom is -0.207 e. The van der Waals surface area contributed by atoms with E-state index in [1.54, 1.807) is 72.3 Å². The lowest BCUT2D eigenvalue weighted by Crippen LogP contribution is -2.48. The van der Waals surface area contributed by atoms with Crippen molar-refractivity contribution in [1.29, 1.82) is 0 Å². The zero-order valence-electron chi connectivity index (χ0n) is 20.3. The molecule has 4 aromatic rings. The molecule has 0 amide bonds. The molecule has 4 heterocycles. The van der Waals surface area contributed by atoms with E-state index in [1.807, 2.05) is 0 Å². The molecule has 0 bridgehead atoms. The quantitative estimate of drug-likeness (QED) is 0.186. The number of rotatable bonds is 4. The number of hydrogen-bond acceptors (Lipinski definition) is 2. The van der Waals surface area contributed by atoms with Crippen molar-refractivity contribution in [2.24, 2.45) is 14.1 Å². The third-order valence-corrected chi connectivity index (χ3v) is 8.69. The zero-order chi connectivity index (χ0) is 26.9. The third kappa shape index (κ3) is 3.84. The molecule has 0 spiro atoms. The summed E-state index contributed by atoms with van der Waals surface area (Å²) in [6.07, 6.45) is 7.05. The van der Waals surface area contributed by atoms with E-state index in [-0.39, 0.29) is 20.9 Å². The van der Waals surface area contributed by atoms with E-state index in [2.05, 4.69) is 0 Å². The van der Waals surface area contributed by atoms with Crippen LogP contribution < -0.4 is 9.13 Å². The summed E-state index contributed by atoms with van der Waals surface area (Å²) < 4.78 is 94.8. The molecule has 0 N–H and O–H groups in total. The van der Waals surface area contributed by atoms with E-state index in [0.717, 1.165) is 22.7 Å². The number of thiophene rings is 2. The summed E-state index contributed by atoms with van der Waals surface area (Å²) in [7, 11) is 3.56. The number of hydrogen-bond donors (Lipinski definition) is 0. The van der Waals surface area contributed by atoms with Gasteiger partial charge in [-0.2, -0.15) is 26.3 Å². The van der Waals surface area contributed by atoms with Gasteiger partial charge < -0.3 is 0 Å². The lowest BCUT2D eigenvalue weighted by molar-refractivity contribution is -0.671. The molecule has 0 radical (unpaired) electrons. The molecule has 10 heteroatoms. The monoisotopic (exact) mass is 552 g/mol. The second-order valence-electron chi connectivity index (χ2n) is 9.15. The molecule has 192 valence electrons. The van der Waals surface area contributed by atoms with Gasteiger partial charge in [-0.05, 0) is 49.2 Å². The summed E-state index contributed by atoms with van der Waals surface area (Å²) in [6.45, 7) is 2.97. The van der Waals surface area contributed by atoms with Crippen LogP contribution in [0.15, 0.2) is 61.2 Å². The molecule has 4 aromatic heterocycles. The Bertz CT molecular complexity index is 1450. The molecule has 2 nitrogen and oxygen atoms in total. The van der Waals surface area contributed by atoms with E-state index in [0.29, 0.717) is 20.9 Å². The van der Waals surface area contributed by atoms with Crippen LogP contribution in [0.1, 0.15) is 20.9 Å². The summed E-state index contributed by atoms with van der Waals surface area (Å²) in [5.74, 6) is -15.7. The first-order valence-corrected chi connectivity index (χ1v) is 12.9. The minimum absolute atomic E-state index is 0.255. The first kappa shape index (κ1) is 25.7. The van der Waals surface area contributed by atoms with E-state index < -0.39 is 28.9 Å². The van der Waals surface area contributed by atoms with Gasteiger partial charge in [0.25, 0.3) is 0 Å². The van der Waals surface area contributed by atoms with Crippen LogP contribution in [0, 0.1) is 13.8 Å². The van der Waals surface area contributed by atoms with Gasteiger partial charge in [0, 0.05) is 42.8 Å². The normalized spacial score (nSPS) is 18.0. The second-order valence-corrected chi connectivity index (χ2v) is 11.7. The van der Waals surface area contributed by atoms with Gasteiger partial charge in [0.05, 0.1) is 11.1 Å². The SMILES string of the molecule is Cc1sc(-c2ccc[n+](C)c2)cc1C1=C(c2cc(-c3ccc[n+](C)c3)sc2C)C(F)(F)C(F)(F)C1(F)F. The lowest BCUT2D eigenvalue weighted by Gasteiger charge is -2.25. The van der Waals surface area contributed by atoms with Crippen LogP contribution in [0.5, 0.6) is 0 Å². The highest BCUT2D eigenvalue weighted by Gasteiger charge is 2.80. The fourth-order valence-corrected chi connectivity index (χ4v) is 6.68. The van der Waals surface area contributed by atoms with E-state index >= 15 is 17.6 Å². The predicted molar refractivity (Wildman–Crippen MR) is 133 cm³/mol. The molecule has 0 aliphatic heterocycles. The molecule has 0 saturated heterocycles.